The van der Waals surface area contributed by atoms with E-state index in [2.05, 4.69) is 19.2 Å². The third kappa shape index (κ3) is 18.0. The minimum Gasteiger partial charge on any atom is -0.394 e. The number of rotatable bonds is 29. The number of aliphatic hydroxyl groups is 7. The zero-order valence-electron chi connectivity index (χ0n) is 28.8. The molecule has 0 aromatic rings. The summed E-state index contributed by atoms with van der Waals surface area (Å²) in [6.45, 7) is 3.33. The molecule has 1 heterocycles. The van der Waals surface area contributed by atoms with E-state index in [-0.39, 0.29) is 6.42 Å². The molecule has 274 valence electrons. The van der Waals surface area contributed by atoms with Crippen LogP contribution in [0.15, 0.2) is 0 Å². The van der Waals surface area contributed by atoms with Gasteiger partial charge in [0, 0.05) is 0 Å². The molecule has 1 rings (SSSR count). The summed E-state index contributed by atoms with van der Waals surface area (Å²) >= 11 is 0. The van der Waals surface area contributed by atoms with Crippen molar-refractivity contribution in [2.75, 3.05) is 13.2 Å². The highest BCUT2D eigenvalue weighted by Crippen LogP contribution is 2.23. The molecule has 1 aliphatic heterocycles. The van der Waals surface area contributed by atoms with Crippen molar-refractivity contribution in [3.05, 3.63) is 0 Å². The molecule has 9 atom stereocenters. The van der Waals surface area contributed by atoms with Crippen molar-refractivity contribution in [2.45, 2.75) is 204 Å². The molecule has 0 aliphatic carbocycles. The summed E-state index contributed by atoms with van der Waals surface area (Å²) in [6.07, 6.45) is 10.5. The van der Waals surface area contributed by atoms with E-state index in [1.807, 2.05) is 0 Å². The maximum Gasteiger partial charge on any atom is 0.249 e. The van der Waals surface area contributed by atoms with Gasteiger partial charge in [-0.25, -0.2) is 0 Å². The van der Waals surface area contributed by atoms with E-state index >= 15 is 0 Å². The first-order valence-electron chi connectivity index (χ1n) is 18.4. The standard InChI is InChI=1S/C35H69NO10/c1-3-5-7-9-11-12-13-14-15-17-19-21-23-28(39)34(44)36-26(30(40)27(38)22-20-18-16-10-8-6-4-2)25-45-35-33(43)32(42)31(41)29(24-37)46-35/h26-33,35,37-43H,3-25H2,1-2H3,(H,36,44). The number of carbonyl (C=O) groups excluding carboxylic acids is 1. The van der Waals surface area contributed by atoms with Gasteiger partial charge in [0.05, 0.1) is 25.4 Å². The highest BCUT2D eigenvalue weighted by Gasteiger charge is 2.44. The van der Waals surface area contributed by atoms with Crippen LogP contribution in [0.5, 0.6) is 0 Å². The summed E-state index contributed by atoms with van der Waals surface area (Å²) in [4.78, 5) is 12.9. The maximum absolute atomic E-state index is 12.9. The largest absolute Gasteiger partial charge is 0.394 e. The third-order valence-electron chi connectivity index (χ3n) is 9.16. The maximum atomic E-state index is 12.9. The van der Waals surface area contributed by atoms with Crippen LogP contribution in [0.25, 0.3) is 0 Å². The van der Waals surface area contributed by atoms with Crippen LogP contribution in [-0.4, -0.2) is 110 Å². The van der Waals surface area contributed by atoms with Gasteiger partial charge in [-0.05, 0) is 12.8 Å². The Bertz CT molecular complexity index is 729. The molecule has 0 spiro atoms. The van der Waals surface area contributed by atoms with Gasteiger partial charge in [-0.15, -0.1) is 0 Å². The lowest BCUT2D eigenvalue weighted by Crippen LogP contribution is -2.60. The summed E-state index contributed by atoms with van der Waals surface area (Å²) in [5.41, 5.74) is 0. The molecule has 8 N–H and O–H groups in total. The van der Waals surface area contributed by atoms with Gasteiger partial charge in [-0.3, -0.25) is 4.79 Å². The van der Waals surface area contributed by atoms with Gasteiger partial charge in [0.15, 0.2) is 6.29 Å². The lowest BCUT2D eigenvalue weighted by Gasteiger charge is -2.40. The molecule has 1 saturated heterocycles. The molecule has 1 amide bonds. The second-order valence-electron chi connectivity index (χ2n) is 13.3. The fraction of sp³-hybridized carbons (Fsp3) is 0.971. The van der Waals surface area contributed by atoms with Crippen molar-refractivity contribution in [1.82, 2.24) is 5.32 Å². The highest BCUT2D eigenvalue weighted by atomic mass is 16.7. The Morgan fingerprint density at radius 2 is 1.13 bits per heavy atom. The Hall–Kier alpha value is -0.890. The van der Waals surface area contributed by atoms with Gasteiger partial charge in [0.2, 0.25) is 5.91 Å². The minimum atomic E-state index is -1.65. The summed E-state index contributed by atoms with van der Waals surface area (Å²) in [6, 6.07) is -1.16. The average molecular weight is 664 g/mol. The number of carbonyl (C=O) groups is 1. The van der Waals surface area contributed by atoms with Gasteiger partial charge in [-0.1, -0.05) is 136 Å². The Balaban J connectivity index is 2.57. The van der Waals surface area contributed by atoms with Crippen molar-refractivity contribution in [1.29, 1.82) is 0 Å². The Morgan fingerprint density at radius 3 is 1.61 bits per heavy atom. The molecule has 11 nitrogen and oxygen atoms in total. The van der Waals surface area contributed by atoms with Gasteiger partial charge in [0.1, 0.15) is 36.6 Å². The second-order valence-corrected chi connectivity index (χ2v) is 13.3. The zero-order chi connectivity index (χ0) is 34.2. The number of nitrogens with one attached hydrogen (secondary N) is 1. The first-order chi connectivity index (χ1) is 22.2. The van der Waals surface area contributed by atoms with Crippen LogP contribution in [0, 0.1) is 0 Å². The monoisotopic (exact) mass is 663 g/mol. The van der Waals surface area contributed by atoms with Crippen LogP contribution >= 0.6 is 0 Å². The zero-order valence-corrected chi connectivity index (χ0v) is 28.8. The number of unbranched alkanes of at least 4 members (excludes halogenated alkanes) is 17. The van der Waals surface area contributed by atoms with Crippen LogP contribution in [-0.2, 0) is 14.3 Å². The van der Waals surface area contributed by atoms with Crippen LogP contribution < -0.4 is 5.32 Å². The van der Waals surface area contributed by atoms with Crippen LogP contribution in [0.4, 0.5) is 0 Å². The van der Waals surface area contributed by atoms with Crippen molar-refractivity contribution < 1.29 is 50.0 Å². The third-order valence-corrected chi connectivity index (χ3v) is 9.16. The fourth-order valence-corrected chi connectivity index (χ4v) is 5.97. The van der Waals surface area contributed by atoms with E-state index in [0.29, 0.717) is 19.3 Å². The molecule has 0 bridgehead atoms. The molecule has 11 heteroatoms. The minimum absolute atomic E-state index is 0.264. The van der Waals surface area contributed by atoms with E-state index < -0.39 is 74.2 Å². The van der Waals surface area contributed by atoms with E-state index in [1.165, 1.54) is 64.2 Å². The van der Waals surface area contributed by atoms with Gasteiger partial charge >= 0.3 is 0 Å². The number of aliphatic hydroxyl groups excluding tert-OH is 7. The van der Waals surface area contributed by atoms with E-state index in [0.717, 1.165) is 44.9 Å². The highest BCUT2D eigenvalue weighted by molar-refractivity contribution is 5.80. The van der Waals surface area contributed by atoms with Crippen molar-refractivity contribution >= 4 is 5.91 Å². The van der Waals surface area contributed by atoms with Crippen molar-refractivity contribution in [3.8, 4) is 0 Å². The molecule has 0 saturated carbocycles. The molecule has 46 heavy (non-hydrogen) atoms. The van der Waals surface area contributed by atoms with Gasteiger partial charge in [-0.2, -0.15) is 0 Å². The predicted molar refractivity (Wildman–Crippen MR) is 178 cm³/mol. The smallest absolute Gasteiger partial charge is 0.249 e. The summed E-state index contributed by atoms with van der Waals surface area (Å²) < 4.78 is 11.0. The predicted octanol–water partition coefficient (Wildman–Crippen LogP) is 3.60. The van der Waals surface area contributed by atoms with E-state index in [1.54, 1.807) is 0 Å². The Kier molecular flexibility index (Phi) is 25.3. The van der Waals surface area contributed by atoms with E-state index in [4.69, 9.17) is 9.47 Å². The number of hydrogen-bond acceptors (Lipinski definition) is 10. The summed E-state index contributed by atoms with van der Waals surface area (Å²) in [5, 5.41) is 74.8. The molecule has 9 unspecified atom stereocenters. The van der Waals surface area contributed by atoms with Gasteiger partial charge in [0.25, 0.3) is 0 Å². The first-order valence-corrected chi connectivity index (χ1v) is 18.4. The molecule has 0 aromatic carbocycles. The molecule has 1 fully saturated rings. The molecule has 1 aliphatic rings. The quantitative estimate of drug-likeness (QED) is 0.0549. The molecule has 0 aromatic heterocycles. The Labute approximate surface area is 278 Å². The van der Waals surface area contributed by atoms with Gasteiger partial charge < -0.3 is 50.5 Å². The first kappa shape index (κ1) is 43.1. The van der Waals surface area contributed by atoms with Crippen LogP contribution in [0.2, 0.25) is 0 Å². The lowest BCUT2D eigenvalue weighted by molar-refractivity contribution is -0.303. The van der Waals surface area contributed by atoms with Crippen molar-refractivity contribution in [2.24, 2.45) is 0 Å². The number of ether oxygens (including phenoxy) is 2. The van der Waals surface area contributed by atoms with Crippen molar-refractivity contribution in [3.63, 3.8) is 0 Å². The summed E-state index contributed by atoms with van der Waals surface area (Å²) in [5.74, 6) is -0.701. The molecule has 0 radical (unpaired) electrons. The second kappa shape index (κ2) is 27.0. The van der Waals surface area contributed by atoms with Crippen LogP contribution in [0.1, 0.15) is 149 Å². The lowest BCUT2D eigenvalue weighted by atomic mass is 9.98. The van der Waals surface area contributed by atoms with Crippen LogP contribution in [0.3, 0.4) is 0 Å². The average Bonchev–Trinajstić information content (AvgIpc) is 3.05. The number of amides is 1. The molecular weight excluding hydrogens is 594 g/mol. The number of hydrogen-bond donors (Lipinski definition) is 8. The summed E-state index contributed by atoms with van der Waals surface area (Å²) in [7, 11) is 0. The Morgan fingerprint density at radius 1 is 0.674 bits per heavy atom. The van der Waals surface area contributed by atoms with E-state index in [9.17, 15) is 40.5 Å². The molecular formula is C35H69NO10. The topological polar surface area (TPSA) is 189 Å². The fourth-order valence-electron chi connectivity index (χ4n) is 5.97. The normalized spacial score (nSPS) is 24.4. The SMILES string of the molecule is CCCCCCCCCCCCCCC(O)C(=O)NC(COC1OC(CO)C(O)C(O)C1O)C(O)C(O)CCCCCCCCC.